The number of carbonyl (C=O) groups excluding carboxylic acids is 3. The lowest BCUT2D eigenvalue weighted by atomic mass is 9.65. The molecule has 0 aliphatic heterocycles. The molecule has 1 saturated carbocycles. The van der Waals surface area contributed by atoms with E-state index < -0.39 is 40.6 Å². The van der Waals surface area contributed by atoms with Crippen molar-refractivity contribution in [2.24, 2.45) is 16.7 Å². The van der Waals surface area contributed by atoms with Gasteiger partial charge in [0.1, 0.15) is 6.04 Å². The standard InChI is InChI=1S/C29H32Cl2N4O5/c1-28(2)19(12-13-29(28,3)27(40)33-15-14-32-4)24(36)35-22(26(38)39)16-17-8-10-18(11-9-17)34-25(37)23-20(30)6-5-7-21(23)31/h5-11,19,22H,12-16H2,1-3H3,(H,33,40)(H,34,37)(H,35,36)(H,38,39)/t19-,22+,29+/m1/s1. The number of benzene rings is 2. The van der Waals surface area contributed by atoms with E-state index in [2.05, 4.69) is 20.8 Å². The summed E-state index contributed by atoms with van der Waals surface area (Å²) in [4.78, 5) is 54.1. The van der Waals surface area contributed by atoms with Gasteiger partial charge in [-0.1, -0.05) is 62.2 Å². The highest BCUT2D eigenvalue weighted by atomic mass is 35.5. The third-order valence-corrected chi connectivity index (χ3v) is 8.64. The zero-order valence-corrected chi connectivity index (χ0v) is 24.0. The summed E-state index contributed by atoms with van der Waals surface area (Å²) in [7, 11) is 0. The van der Waals surface area contributed by atoms with E-state index in [0.717, 1.165) is 0 Å². The monoisotopic (exact) mass is 586 g/mol. The summed E-state index contributed by atoms with van der Waals surface area (Å²) in [6, 6.07) is 10.1. The van der Waals surface area contributed by atoms with Crippen molar-refractivity contribution in [3.63, 3.8) is 0 Å². The van der Waals surface area contributed by atoms with Crippen LogP contribution in [-0.2, 0) is 20.8 Å². The van der Waals surface area contributed by atoms with E-state index in [1.54, 1.807) is 42.5 Å². The van der Waals surface area contributed by atoms with E-state index in [9.17, 15) is 24.3 Å². The fourth-order valence-corrected chi connectivity index (χ4v) is 5.70. The average molecular weight is 588 g/mol. The lowest BCUT2D eigenvalue weighted by molar-refractivity contribution is -0.145. The van der Waals surface area contributed by atoms with Gasteiger partial charge in [-0.25, -0.2) is 11.4 Å². The number of anilines is 1. The Morgan fingerprint density at radius 1 is 1.07 bits per heavy atom. The Bertz CT molecular complexity index is 1320. The maximum Gasteiger partial charge on any atom is 0.326 e. The molecule has 0 bridgehead atoms. The molecule has 0 unspecified atom stereocenters. The Labute approximate surface area is 243 Å². The molecule has 0 heterocycles. The largest absolute Gasteiger partial charge is 0.480 e. The Kier molecular flexibility index (Phi) is 9.82. The predicted molar refractivity (Wildman–Crippen MR) is 153 cm³/mol. The fourth-order valence-electron chi connectivity index (χ4n) is 5.13. The van der Waals surface area contributed by atoms with Gasteiger partial charge in [-0.15, -0.1) is 0 Å². The molecule has 2 aromatic rings. The van der Waals surface area contributed by atoms with Crippen LogP contribution in [0.25, 0.3) is 4.85 Å². The van der Waals surface area contributed by atoms with Crippen LogP contribution in [0, 0.1) is 23.3 Å². The van der Waals surface area contributed by atoms with E-state index >= 15 is 0 Å². The van der Waals surface area contributed by atoms with Gasteiger partial charge in [0.25, 0.3) is 5.91 Å². The normalized spacial score (nSPS) is 20.1. The van der Waals surface area contributed by atoms with Crippen molar-refractivity contribution in [2.75, 3.05) is 18.4 Å². The van der Waals surface area contributed by atoms with Gasteiger partial charge in [-0.05, 0) is 48.1 Å². The molecule has 0 aromatic heterocycles. The highest BCUT2D eigenvalue weighted by molar-refractivity contribution is 6.40. The zero-order valence-electron chi connectivity index (χ0n) is 22.5. The number of carboxylic acids is 1. The van der Waals surface area contributed by atoms with E-state index in [-0.39, 0.29) is 41.0 Å². The van der Waals surface area contributed by atoms with E-state index in [1.165, 1.54) is 0 Å². The van der Waals surface area contributed by atoms with Crippen LogP contribution in [0.4, 0.5) is 5.69 Å². The number of halogens is 2. The Balaban J connectivity index is 1.66. The van der Waals surface area contributed by atoms with Gasteiger partial charge in [0.2, 0.25) is 18.4 Å². The molecule has 3 atom stereocenters. The predicted octanol–water partition coefficient (Wildman–Crippen LogP) is 4.84. The van der Waals surface area contributed by atoms with E-state index in [1.807, 2.05) is 20.8 Å². The topological polar surface area (TPSA) is 129 Å². The van der Waals surface area contributed by atoms with Crippen molar-refractivity contribution in [3.05, 3.63) is 75.1 Å². The summed E-state index contributed by atoms with van der Waals surface area (Å²) in [5, 5.41) is 18.4. The van der Waals surface area contributed by atoms with Gasteiger partial charge < -0.3 is 25.9 Å². The summed E-state index contributed by atoms with van der Waals surface area (Å²) in [6.45, 7) is 12.8. The van der Waals surface area contributed by atoms with Crippen LogP contribution < -0.4 is 16.0 Å². The lowest BCUT2D eigenvalue weighted by Gasteiger charge is -2.40. The minimum absolute atomic E-state index is 0.0210. The molecular formula is C29H32Cl2N4O5. The molecule has 4 N–H and O–H groups in total. The molecule has 9 nitrogen and oxygen atoms in total. The second kappa shape index (κ2) is 12.7. The van der Waals surface area contributed by atoms with Crippen molar-refractivity contribution >= 4 is 52.6 Å². The zero-order chi connectivity index (χ0) is 29.7. The van der Waals surface area contributed by atoms with Gasteiger partial charge in [-0.3, -0.25) is 14.4 Å². The molecule has 0 saturated heterocycles. The number of amides is 3. The smallest absolute Gasteiger partial charge is 0.326 e. The van der Waals surface area contributed by atoms with Crippen LogP contribution in [-0.4, -0.2) is 47.9 Å². The van der Waals surface area contributed by atoms with Crippen LogP contribution in [0.1, 0.15) is 49.5 Å². The van der Waals surface area contributed by atoms with Crippen LogP contribution in [0.5, 0.6) is 0 Å². The van der Waals surface area contributed by atoms with Gasteiger partial charge in [-0.2, -0.15) is 0 Å². The molecule has 1 aliphatic rings. The van der Waals surface area contributed by atoms with Crippen LogP contribution in [0.15, 0.2) is 42.5 Å². The van der Waals surface area contributed by atoms with Crippen molar-refractivity contribution in [1.29, 1.82) is 0 Å². The number of hydrogen-bond acceptors (Lipinski definition) is 4. The maximum atomic E-state index is 13.3. The molecule has 3 amide bonds. The molecule has 11 heteroatoms. The molecule has 212 valence electrons. The van der Waals surface area contributed by atoms with Gasteiger partial charge in [0.15, 0.2) is 0 Å². The highest BCUT2D eigenvalue weighted by Crippen LogP contribution is 2.56. The number of carbonyl (C=O) groups is 4. The maximum absolute atomic E-state index is 13.3. The number of aliphatic carboxylic acids is 1. The van der Waals surface area contributed by atoms with Crippen molar-refractivity contribution in [1.82, 2.24) is 10.6 Å². The first kappa shape index (κ1) is 30.9. The van der Waals surface area contributed by atoms with Gasteiger partial charge in [0.05, 0.1) is 27.6 Å². The van der Waals surface area contributed by atoms with Gasteiger partial charge in [0, 0.05) is 18.0 Å². The minimum Gasteiger partial charge on any atom is -0.480 e. The molecular weight excluding hydrogens is 555 g/mol. The molecule has 1 fully saturated rings. The first-order valence-corrected chi connectivity index (χ1v) is 13.6. The minimum atomic E-state index is -1.19. The van der Waals surface area contributed by atoms with E-state index in [4.69, 9.17) is 29.8 Å². The molecule has 0 spiro atoms. The SMILES string of the molecule is [C-]#[N+]CCNC(=O)[C@]1(C)CC[C@H](C(=O)N[C@@H](Cc2ccc(NC(=O)c3c(Cl)cccc3Cl)cc2)C(=O)O)C1(C)C. The second-order valence-corrected chi connectivity index (χ2v) is 11.4. The average Bonchev–Trinajstić information content (AvgIpc) is 3.14. The number of hydrogen-bond donors (Lipinski definition) is 4. The number of rotatable bonds is 10. The third-order valence-electron chi connectivity index (χ3n) is 8.01. The van der Waals surface area contributed by atoms with Crippen LogP contribution in [0.3, 0.4) is 0 Å². The lowest BCUT2D eigenvalue weighted by Crippen LogP contribution is -2.52. The summed E-state index contributed by atoms with van der Waals surface area (Å²) in [5.74, 6) is -2.87. The molecule has 1 aliphatic carbocycles. The first-order valence-electron chi connectivity index (χ1n) is 12.8. The first-order chi connectivity index (χ1) is 18.8. The fraction of sp³-hybridized carbons (Fsp3) is 0.414. The third kappa shape index (κ3) is 6.57. The molecule has 0 radical (unpaired) electrons. The Hall–Kier alpha value is -3.61. The molecule has 40 heavy (non-hydrogen) atoms. The second-order valence-electron chi connectivity index (χ2n) is 10.6. The van der Waals surface area contributed by atoms with Crippen LogP contribution in [0.2, 0.25) is 10.0 Å². The van der Waals surface area contributed by atoms with Gasteiger partial charge >= 0.3 is 5.97 Å². The number of nitrogens with zero attached hydrogens (tertiary/aromatic N) is 1. The summed E-state index contributed by atoms with van der Waals surface area (Å²) in [5.41, 5.74) is -0.342. The number of nitrogens with one attached hydrogen (secondary N) is 3. The summed E-state index contributed by atoms with van der Waals surface area (Å²) < 4.78 is 0. The molecule has 2 aromatic carbocycles. The highest BCUT2D eigenvalue weighted by Gasteiger charge is 2.58. The quantitative estimate of drug-likeness (QED) is 0.234. The molecule has 3 rings (SSSR count). The van der Waals surface area contributed by atoms with E-state index in [0.29, 0.717) is 24.1 Å². The summed E-state index contributed by atoms with van der Waals surface area (Å²) in [6.07, 6.45) is 0.918. The van der Waals surface area contributed by atoms with Crippen molar-refractivity contribution < 1.29 is 24.3 Å². The Morgan fingerprint density at radius 3 is 2.27 bits per heavy atom. The summed E-state index contributed by atoms with van der Waals surface area (Å²) >= 11 is 12.2. The number of carboxylic acid groups (broad SMARTS) is 1. The van der Waals surface area contributed by atoms with Crippen molar-refractivity contribution in [3.8, 4) is 0 Å². The van der Waals surface area contributed by atoms with Crippen LogP contribution >= 0.6 is 23.2 Å². The van der Waals surface area contributed by atoms with Crippen molar-refractivity contribution in [2.45, 2.75) is 46.1 Å². The Morgan fingerprint density at radius 2 is 1.70 bits per heavy atom.